The third-order valence-electron chi connectivity index (χ3n) is 3.75. The summed E-state index contributed by atoms with van der Waals surface area (Å²) in [4.78, 5) is 22.2. The smallest absolute Gasteiger partial charge is 0.262 e. The van der Waals surface area contributed by atoms with Crippen molar-refractivity contribution in [3.8, 4) is 5.75 Å². The second kappa shape index (κ2) is 6.33. The lowest BCUT2D eigenvalue weighted by molar-refractivity contribution is 0.407. The molecule has 120 valence electrons. The minimum atomic E-state index is -0.00934. The number of aromatic nitrogens is 3. The average Bonchev–Trinajstić information content (AvgIpc) is 3.00. The SMILES string of the molecule is COc1c(C)cnc(CSc2nc3sccc3c(=O)n2C)c1C. The zero-order chi connectivity index (χ0) is 16.6. The Morgan fingerprint density at radius 2 is 2.17 bits per heavy atom. The van der Waals surface area contributed by atoms with E-state index in [9.17, 15) is 4.79 Å². The monoisotopic (exact) mass is 347 g/mol. The highest BCUT2D eigenvalue weighted by molar-refractivity contribution is 7.98. The highest BCUT2D eigenvalue weighted by Crippen LogP contribution is 2.29. The molecule has 0 saturated carbocycles. The van der Waals surface area contributed by atoms with E-state index in [0.29, 0.717) is 16.3 Å². The molecule has 0 spiro atoms. The quantitative estimate of drug-likeness (QED) is 0.535. The van der Waals surface area contributed by atoms with Gasteiger partial charge >= 0.3 is 0 Å². The average molecular weight is 347 g/mol. The van der Waals surface area contributed by atoms with Crippen LogP contribution in [0.25, 0.3) is 10.2 Å². The van der Waals surface area contributed by atoms with Crippen molar-refractivity contribution in [3.05, 3.63) is 44.8 Å². The molecule has 3 aromatic rings. The molecule has 5 nitrogen and oxygen atoms in total. The van der Waals surface area contributed by atoms with Crippen LogP contribution in [-0.2, 0) is 12.8 Å². The van der Waals surface area contributed by atoms with Gasteiger partial charge in [0.05, 0.1) is 18.2 Å². The highest BCUT2D eigenvalue weighted by Gasteiger charge is 2.13. The van der Waals surface area contributed by atoms with Gasteiger partial charge in [-0.3, -0.25) is 14.3 Å². The van der Waals surface area contributed by atoms with Gasteiger partial charge in [-0.05, 0) is 25.3 Å². The lowest BCUT2D eigenvalue weighted by atomic mass is 10.1. The topological polar surface area (TPSA) is 57.0 Å². The van der Waals surface area contributed by atoms with Crippen molar-refractivity contribution in [1.29, 1.82) is 0 Å². The molecule has 0 aliphatic rings. The molecule has 3 rings (SSSR count). The number of thioether (sulfide) groups is 1. The molecule has 0 aliphatic heterocycles. The Morgan fingerprint density at radius 3 is 2.91 bits per heavy atom. The van der Waals surface area contributed by atoms with Gasteiger partial charge < -0.3 is 4.74 Å². The van der Waals surface area contributed by atoms with Crippen molar-refractivity contribution in [3.63, 3.8) is 0 Å². The van der Waals surface area contributed by atoms with Gasteiger partial charge in [0.15, 0.2) is 5.16 Å². The second-order valence-electron chi connectivity index (χ2n) is 5.23. The van der Waals surface area contributed by atoms with Gasteiger partial charge in [-0.1, -0.05) is 11.8 Å². The van der Waals surface area contributed by atoms with E-state index in [4.69, 9.17) is 4.74 Å². The van der Waals surface area contributed by atoms with Gasteiger partial charge in [-0.15, -0.1) is 11.3 Å². The van der Waals surface area contributed by atoms with Crippen LogP contribution in [0.2, 0.25) is 0 Å². The molecule has 0 amide bonds. The largest absolute Gasteiger partial charge is 0.496 e. The molecular weight excluding hydrogens is 330 g/mol. The summed E-state index contributed by atoms with van der Waals surface area (Å²) in [5, 5.41) is 3.27. The van der Waals surface area contributed by atoms with E-state index in [1.165, 1.54) is 23.1 Å². The molecular formula is C16H17N3O2S2. The predicted octanol–water partition coefficient (Wildman–Crippen LogP) is 3.31. The molecule has 0 N–H and O–H groups in total. The summed E-state index contributed by atoms with van der Waals surface area (Å²) >= 11 is 3.00. The summed E-state index contributed by atoms with van der Waals surface area (Å²) in [6.45, 7) is 3.98. The Labute approximate surface area is 142 Å². The van der Waals surface area contributed by atoms with E-state index in [0.717, 1.165) is 27.4 Å². The number of pyridine rings is 1. The first-order chi connectivity index (χ1) is 11.0. The first-order valence-corrected chi connectivity index (χ1v) is 8.95. The fourth-order valence-electron chi connectivity index (χ4n) is 2.46. The van der Waals surface area contributed by atoms with E-state index in [-0.39, 0.29) is 5.56 Å². The van der Waals surface area contributed by atoms with Crippen LogP contribution in [0, 0.1) is 13.8 Å². The van der Waals surface area contributed by atoms with Crippen molar-refractivity contribution in [1.82, 2.24) is 14.5 Å². The minimum absolute atomic E-state index is 0.00934. The van der Waals surface area contributed by atoms with Crippen molar-refractivity contribution < 1.29 is 4.74 Å². The maximum absolute atomic E-state index is 12.3. The first kappa shape index (κ1) is 16.0. The van der Waals surface area contributed by atoms with Crippen LogP contribution >= 0.6 is 23.1 Å². The van der Waals surface area contributed by atoms with Crippen LogP contribution in [0.15, 0.2) is 27.6 Å². The predicted molar refractivity (Wildman–Crippen MR) is 94.7 cm³/mol. The highest BCUT2D eigenvalue weighted by atomic mass is 32.2. The lowest BCUT2D eigenvalue weighted by Gasteiger charge is -2.12. The van der Waals surface area contributed by atoms with Crippen LogP contribution in [0.4, 0.5) is 0 Å². The maximum atomic E-state index is 12.3. The zero-order valence-electron chi connectivity index (χ0n) is 13.4. The first-order valence-electron chi connectivity index (χ1n) is 7.09. The number of methoxy groups -OCH3 is 1. The Balaban J connectivity index is 1.92. The van der Waals surface area contributed by atoms with Crippen molar-refractivity contribution >= 4 is 33.3 Å². The van der Waals surface area contributed by atoms with Gasteiger partial charge in [0.25, 0.3) is 5.56 Å². The Bertz CT molecular complexity index is 931. The summed E-state index contributed by atoms with van der Waals surface area (Å²) in [6, 6.07) is 1.82. The van der Waals surface area contributed by atoms with E-state index in [2.05, 4.69) is 9.97 Å². The summed E-state index contributed by atoms with van der Waals surface area (Å²) in [5.74, 6) is 1.51. The van der Waals surface area contributed by atoms with Crippen molar-refractivity contribution in [2.24, 2.45) is 7.05 Å². The van der Waals surface area contributed by atoms with E-state index >= 15 is 0 Å². The number of fused-ring (bicyclic) bond motifs is 1. The summed E-state index contributed by atoms with van der Waals surface area (Å²) < 4.78 is 7.04. The van der Waals surface area contributed by atoms with Crippen LogP contribution in [0.3, 0.4) is 0 Å². The number of hydrogen-bond acceptors (Lipinski definition) is 6. The maximum Gasteiger partial charge on any atom is 0.262 e. The zero-order valence-corrected chi connectivity index (χ0v) is 15.0. The van der Waals surface area contributed by atoms with E-state index in [1.54, 1.807) is 18.7 Å². The molecule has 3 aromatic heterocycles. The number of rotatable bonds is 4. The lowest BCUT2D eigenvalue weighted by Crippen LogP contribution is -2.19. The van der Waals surface area contributed by atoms with E-state index in [1.807, 2.05) is 31.5 Å². The molecule has 0 aliphatic carbocycles. The van der Waals surface area contributed by atoms with E-state index < -0.39 is 0 Å². The summed E-state index contributed by atoms with van der Waals surface area (Å²) in [5.41, 5.74) is 2.98. The number of thiophene rings is 1. The fourth-order valence-corrected chi connectivity index (χ4v) is 4.26. The Morgan fingerprint density at radius 1 is 1.39 bits per heavy atom. The molecule has 0 bridgehead atoms. The number of aryl methyl sites for hydroxylation is 1. The minimum Gasteiger partial charge on any atom is -0.496 e. The third kappa shape index (κ3) is 2.86. The molecule has 0 atom stereocenters. The number of nitrogens with zero attached hydrogens (tertiary/aromatic N) is 3. The normalized spacial score (nSPS) is 11.1. The van der Waals surface area contributed by atoms with Gasteiger partial charge in [0, 0.05) is 30.1 Å². The molecule has 0 saturated heterocycles. The molecule has 3 heterocycles. The van der Waals surface area contributed by atoms with Gasteiger partial charge in [-0.2, -0.15) is 0 Å². The van der Waals surface area contributed by atoms with Gasteiger partial charge in [0.2, 0.25) is 0 Å². The van der Waals surface area contributed by atoms with Gasteiger partial charge in [0.1, 0.15) is 10.6 Å². The molecule has 0 unspecified atom stereocenters. The van der Waals surface area contributed by atoms with Crippen LogP contribution in [0.5, 0.6) is 5.75 Å². The second-order valence-corrected chi connectivity index (χ2v) is 7.07. The fraction of sp³-hybridized carbons (Fsp3) is 0.312. The summed E-state index contributed by atoms with van der Waals surface area (Å²) in [6.07, 6.45) is 1.82. The third-order valence-corrected chi connectivity index (χ3v) is 5.60. The molecule has 0 radical (unpaired) electrons. The Kier molecular flexibility index (Phi) is 4.41. The number of hydrogen-bond donors (Lipinski definition) is 0. The standard InChI is InChI=1S/C16H17N3O2S2/c1-9-7-17-12(10(2)13(9)21-4)8-23-16-18-14-11(5-6-22-14)15(20)19(16)3/h5-7H,8H2,1-4H3. The van der Waals surface area contributed by atoms with Crippen LogP contribution in [0.1, 0.15) is 16.8 Å². The van der Waals surface area contributed by atoms with Gasteiger partial charge in [-0.25, -0.2) is 4.98 Å². The van der Waals surface area contributed by atoms with Crippen LogP contribution < -0.4 is 10.3 Å². The van der Waals surface area contributed by atoms with Crippen LogP contribution in [-0.4, -0.2) is 21.6 Å². The summed E-state index contributed by atoms with van der Waals surface area (Å²) in [7, 11) is 3.42. The van der Waals surface area contributed by atoms with Crippen molar-refractivity contribution in [2.75, 3.05) is 7.11 Å². The number of ether oxygens (including phenoxy) is 1. The molecule has 0 aromatic carbocycles. The Hall–Kier alpha value is -1.86. The molecule has 0 fully saturated rings. The molecule has 7 heteroatoms. The molecule has 23 heavy (non-hydrogen) atoms. The van der Waals surface area contributed by atoms with Crippen molar-refractivity contribution in [2.45, 2.75) is 24.8 Å².